The highest BCUT2D eigenvalue weighted by molar-refractivity contribution is 4.82. The van der Waals surface area contributed by atoms with E-state index in [-0.39, 0.29) is 0 Å². The molecule has 0 bridgehead atoms. The van der Waals surface area contributed by atoms with Gasteiger partial charge in [-0.25, -0.2) is 0 Å². The highest BCUT2D eigenvalue weighted by Crippen LogP contribution is 2.24. The van der Waals surface area contributed by atoms with Crippen LogP contribution in [-0.4, -0.2) is 36.6 Å². The minimum atomic E-state index is 0.815. The third-order valence-corrected chi connectivity index (χ3v) is 4.24. The second kappa shape index (κ2) is 5.31. The van der Waals surface area contributed by atoms with Gasteiger partial charge in [-0.05, 0) is 58.5 Å². The van der Waals surface area contributed by atoms with Crippen LogP contribution in [0.2, 0.25) is 0 Å². The first-order chi connectivity index (χ1) is 7.27. The van der Waals surface area contributed by atoms with Crippen LogP contribution in [-0.2, 0) is 0 Å². The molecule has 3 atom stereocenters. The van der Waals surface area contributed by atoms with E-state index >= 15 is 0 Å². The van der Waals surface area contributed by atoms with Gasteiger partial charge in [-0.2, -0.15) is 0 Å². The molecule has 2 aliphatic heterocycles. The fourth-order valence-corrected chi connectivity index (χ4v) is 3.21. The minimum Gasteiger partial charge on any atom is -0.316 e. The molecule has 88 valence electrons. The summed E-state index contributed by atoms with van der Waals surface area (Å²) in [5.41, 5.74) is 0. The van der Waals surface area contributed by atoms with Crippen molar-refractivity contribution in [2.24, 2.45) is 5.92 Å². The second-order valence-corrected chi connectivity index (χ2v) is 5.54. The predicted molar refractivity (Wildman–Crippen MR) is 65.1 cm³/mol. The number of hydrogen-bond donors (Lipinski definition) is 1. The van der Waals surface area contributed by atoms with Gasteiger partial charge in [0, 0.05) is 18.6 Å². The Morgan fingerprint density at radius 1 is 1.07 bits per heavy atom. The first kappa shape index (κ1) is 11.4. The second-order valence-electron chi connectivity index (χ2n) is 5.54. The van der Waals surface area contributed by atoms with E-state index in [0.29, 0.717) is 0 Å². The van der Waals surface area contributed by atoms with E-state index in [1.54, 1.807) is 0 Å². The maximum atomic E-state index is 3.53. The third-order valence-electron chi connectivity index (χ3n) is 4.24. The Morgan fingerprint density at radius 3 is 2.40 bits per heavy atom. The van der Waals surface area contributed by atoms with Crippen LogP contribution in [0.4, 0.5) is 0 Å². The Kier molecular flexibility index (Phi) is 4.04. The highest BCUT2D eigenvalue weighted by atomic mass is 15.2. The minimum absolute atomic E-state index is 0.815. The van der Waals surface area contributed by atoms with Gasteiger partial charge >= 0.3 is 0 Å². The van der Waals surface area contributed by atoms with Gasteiger partial charge in [0.2, 0.25) is 0 Å². The summed E-state index contributed by atoms with van der Waals surface area (Å²) >= 11 is 0. The molecule has 2 fully saturated rings. The quantitative estimate of drug-likeness (QED) is 0.752. The average molecular weight is 210 g/mol. The zero-order chi connectivity index (χ0) is 10.7. The number of piperidine rings is 2. The van der Waals surface area contributed by atoms with Gasteiger partial charge < -0.3 is 5.32 Å². The van der Waals surface area contributed by atoms with E-state index in [4.69, 9.17) is 0 Å². The smallest absolute Gasteiger partial charge is 0.00698 e. The SMILES string of the molecule is C[C@@H]1CCC[C@H](C)N1CC1CCCNC1. The molecule has 2 heteroatoms. The van der Waals surface area contributed by atoms with Crippen molar-refractivity contribution in [2.75, 3.05) is 19.6 Å². The fraction of sp³-hybridized carbons (Fsp3) is 1.00. The van der Waals surface area contributed by atoms with Crippen LogP contribution in [0.5, 0.6) is 0 Å². The number of likely N-dealkylation sites (tertiary alicyclic amines) is 1. The Balaban J connectivity index is 1.84. The van der Waals surface area contributed by atoms with Crippen molar-refractivity contribution in [1.82, 2.24) is 10.2 Å². The molecule has 2 rings (SSSR count). The summed E-state index contributed by atoms with van der Waals surface area (Å²) in [6, 6.07) is 1.63. The summed E-state index contributed by atoms with van der Waals surface area (Å²) in [5.74, 6) is 0.904. The lowest BCUT2D eigenvalue weighted by atomic mass is 9.93. The van der Waals surface area contributed by atoms with Crippen molar-refractivity contribution >= 4 is 0 Å². The molecule has 0 aromatic rings. The summed E-state index contributed by atoms with van der Waals surface area (Å²) in [6.45, 7) is 8.63. The Bertz CT molecular complexity index is 177. The highest BCUT2D eigenvalue weighted by Gasteiger charge is 2.27. The van der Waals surface area contributed by atoms with Crippen molar-refractivity contribution < 1.29 is 0 Å². The maximum absolute atomic E-state index is 3.53. The van der Waals surface area contributed by atoms with E-state index < -0.39 is 0 Å². The Morgan fingerprint density at radius 2 is 1.80 bits per heavy atom. The monoisotopic (exact) mass is 210 g/mol. The molecule has 0 aliphatic carbocycles. The van der Waals surface area contributed by atoms with Crippen molar-refractivity contribution in [3.05, 3.63) is 0 Å². The Labute approximate surface area is 94.4 Å². The summed E-state index contributed by atoms with van der Waals surface area (Å²) in [7, 11) is 0. The maximum Gasteiger partial charge on any atom is 0.00698 e. The van der Waals surface area contributed by atoms with Crippen molar-refractivity contribution in [3.8, 4) is 0 Å². The first-order valence-corrected chi connectivity index (χ1v) is 6.74. The molecule has 2 heterocycles. The lowest BCUT2D eigenvalue weighted by Gasteiger charge is -2.41. The third kappa shape index (κ3) is 2.94. The van der Waals surface area contributed by atoms with Gasteiger partial charge in [-0.3, -0.25) is 4.90 Å². The molecular formula is C13H26N2. The van der Waals surface area contributed by atoms with E-state index in [9.17, 15) is 0 Å². The van der Waals surface area contributed by atoms with Gasteiger partial charge in [0.25, 0.3) is 0 Å². The van der Waals surface area contributed by atoms with E-state index in [2.05, 4.69) is 24.1 Å². The summed E-state index contributed by atoms with van der Waals surface area (Å²) in [4.78, 5) is 2.75. The number of nitrogens with one attached hydrogen (secondary N) is 1. The van der Waals surface area contributed by atoms with E-state index in [0.717, 1.165) is 18.0 Å². The van der Waals surface area contributed by atoms with E-state index in [1.165, 1.54) is 51.7 Å². The molecule has 0 amide bonds. The average Bonchev–Trinajstić information content (AvgIpc) is 2.25. The number of rotatable bonds is 2. The van der Waals surface area contributed by atoms with Crippen molar-refractivity contribution in [3.63, 3.8) is 0 Å². The van der Waals surface area contributed by atoms with Gasteiger partial charge in [0.1, 0.15) is 0 Å². The van der Waals surface area contributed by atoms with Gasteiger partial charge in [0.15, 0.2) is 0 Å². The molecule has 15 heavy (non-hydrogen) atoms. The van der Waals surface area contributed by atoms with Crippen LogP contribution in [0.1, 0.15) is 46.0 Å². The molecule has 1 unspecified atom stereocenters. The molecule has 0 aromatic heterocycles. The van der Waals surface area contributed by atoms with Gasteiger partial charge in [-0.1, -0.05) is 6.42 Å². The normalized spacial score (nSPS) is 39.2. The molecule has 1 N–H and O–H groups in total. The largest absolute Gasteiger partial charge is 0.316 e. The molecule has 2 aliphatic rings. The molecule has 0 spiro atoms. The van der Waals surface area contributed by atoms with Crippen LogP contribution in [0.25, 0.3) is 0 Å². The molecule has 0 radical (unpaired) electrons. The lowest BCUT2D eigenvalue weighted by Crippen LogP contribution is -2.48. The number of hydrogen-bond acceptors (Lipinski definition) is 2. The standard InChI is InChI=1S/C13H26N2/c1-11-5-3-6-12(2)15(11)10-13-7-4-8-14-9-13/h11-14H,3-10H2,1-2H3/t11-,12+,13?. The van der Waals surface area contributed by atoms with Crippen LogP contribution in [0, 0.1) is 5.92 Å². The zero-order valence-corrected chi connectivity index (χ0v) is 10.3. The molecular weight excluding hydrogens is 184 g/mol. The summed E-state index contributed by atoms with van der Waals surface area (Å²) in [6.07, 6.45) is 7.06. The summed E-state index contributed by atoms with van der Waals surface area (Å²) in [5, 5.41) is 3.53. The molecule has 2 nitrogen and oxygen atoms in total. The van der Waals surface area contributed by atoms with Crippen LogP contribution >= 0.6 is 0 Å². The predicted octanol–water partition coefficient (Wildman–Crippen LogP) is 2.25. The number of nitrogens with zero attached hydrogens (tertiary/aromatic N) is 1. The molecule has 0 aromatic carbocycles. The molecule has 0 saturated carbocycles. The zero-order valence-electron chi connectivity index (χ0n) is 10.3. The van der Waals surface area contributed by atoms with Crippen LogP contribution in [0.15, 0.2) is 0 Å². The topological polar surface area (TPSA) is 15.3 Å². The van der Waals surface area contributed by atoms with Gasteiger partial charge in [-0.15, -0.1) is 0 Å². The Hall–Kier alpha value is -0.0800. The van der Waals surface area contributed by atoms with Crippen LogP contribution in [0.3, 0.4) is 0 Å². The van der Waals surface area contributed by atoms with E-state index in [1.807, 2.05) is 0 Å². The van der Waals surface area contributed by atoms with Crippen molar-refractivity contribution in [2.45, 2.75) is 58.0 Å². The van der Waals surface area contributed by atoms with Crippen molar-refractivity contribution in [1.29, 1.82) is 0 Å². The fourth-order valence-electron chi connectivity index (χ4n) is 3.21. The molecule has 2 saturated heterocycles. The first-order valence-electron chi connectivity index (χ1n) is 6.74. The van der Waals surface area contributed by atoms with Crippen LogP contribution < -0.4 is 5.32 Å². The van der Waals surface area contributed by atoms with Gasteiger partial charge in [0.05, 0.1) is 0 Å². The summed E-state index contributed by atoms with van der Waals surface area (Å²) < 4.78 is 0. The lowest BCUT2D eigenvalue weighted by molar-refractivity contribution is 0.0783.